The van der Waals surface area contributed by atoms with Gasteiger partial charge in [0.15, 0.2) is 0 Å². The largest absolute Gasteiger partial charge is 0.344 e. The molecule has 55 heavy (non-hydrogen) atoms. The summed E-state index contributed by atoms with van der Waals surface area (Å²) in [6.07, 6.45) is -0.0148. The van der Waals surface area contributed by atoms with E-state index in [2.05, 4.69) is 31.8 Å². The fourth-order valence-electron chi connectivity index (χ4n) is 5.24. The molecule has 0 saturated carbocycles. The fourth-order valence-corrected chi connectivity index (χ4v) is 5.24. The number of rotatable bonds is 20. The Balaban J connectivity index is 1.86. The van der Waals surface area contributed by atoms with Crippen LogP contribution in [0.3, 0.4) is 0 Å². The van der Waals surface area contributed by atoms with Gasteiger partial charge in [-0.3, -0.25) is 43.5 Å². The van der Waals surface area contributed by atoms with Crippen molar-refractivity contribution in [1.29, 1.82) is 0 Å². The first-order valence-electron chi connectivity index (χ1n) is 18.4. The van der Waals surface area contributed by atoms with Gasteiger partial charge in [-0.25, -0.2) is 0 Å². The highest BCUT2D eigenvalue weighted by atomic mass is 16.7. The number of ketones is 4. The van der Waals surface area contributed by atoms with Gasteiger partial charge in [-0.05, 0) is 70.6 Å². The lowest BCUT2D eigenvalue weighted by Gasteiger charge is -2.28. The summed E-state index contributed by atoms with van der Waals surface area (Å²) in [5.41, 5.74) is 4.95. The maximum atomic E-state index is 13.8. The normalized spacial score (nSPS) is 14.2. The van der Waals surface area contributed by atoms with Crippen LogP contribution in [0.15, 0.2) is 66.7 Å². The van der Waals surface area contributed by atoms with Crippen LogP contribution in [0.1, 0.15) is 101 Å². The Morgan fingerprint density at radius 2 is 1.00 bits per heavy atom. The number of Topliss-reactive ketones (excluding diaryl/α,β-unsaturated/α-hetero) is 4. The van der Waals surface area contributed by atoms with Crippen LogP contribution >= 0.6 is 0 Å². The maximum Gasteiger partial charge on any atom is 0.250 e. The zero-order chi connectivity index (χ0) is 41.1. The zero-order valence-electron chi connectivity index (χ0n) is 33.4. The van der Waals surface area contributed by atoms with Crippen molar-refractivity contribution in [3.05, 3.63) is 89.2 Å². The Bertz CT molecular complexity index is 1650. The summed E-state index contributed by atoms with van der Waals surface area (Å²) in [7, 11) is 0. The van der Waals surface area contributed by atoms with E-state index in [1.54, 1.807) is 60.7 Å². The van der Waals surface area contributed by atoms with E-state index in [9.17, 15) is 28.8 Å². The summed E-state index contributed by atoms with van der Waals surface area (Å²) in [6.45, 7) is 18.1. The molecule has 0 radical (unpaired) electrons. The fraction of sp³-hybridized carbons (Fsp3) is 0.488. The van der Waals surface area contributed by atoms with Gasteiger partial charge in [0.1, 0.15) is 23.5 Å². The number of hydroxylamine groups is 2. The molecule has 2 amide bonds. The minimum absolute atomic E-state index is 0.00556. The van der Waals surface area contributed by atoms with Crippen molar-refractivity contribution in [2.45, 2.75) is 117 Å². The van der Waals surface area contributed by atoms with Crippen LogP contribution in [0.2, 0.25) is 0 Å². The third-order valence-electron chi connectivity index (χ3n) is 8.22. The van der Waals surface area contributed by atoms with Gasteiger partial charge in [0.05, 0.1) is 23.3 Å². The van der Waals surface area contributed by atoms with E-state index in [0.29, 0.717) is 11.1 Å². The van der Waals surface area contributed by atoms with Gasteiger partial charge in [-0.15, -0.1) is 0 Å². The molecule has 4 atom stereocenters. The Labute approximate surface area is 323 Å². The van der Waals surface area contributed by atoms with Gasteiger partial charge < -0.3 is 10.6 Å². The predicted octanol–water partition coefficient (Wildman–Crippen LogP) is 4.06. The Hall–Kier alpha value is -4.89. The molecular formula is C41H56N6O8. The van der Waals surface area contributed by atoms with Gasteiger partial charge in [-0.1, -0.05) is 88.4 Å². The quantitative estimate of drug-likeness (QED) is 0.0633. The molecule has 0 aliphatic heterocycles. The maximum absolute atomic E-state index is 13.8. The summed E-state index contributed by atoms with van der Waals surface area (Å²) in [4.78, 5) is 93.1. The molecule has 0 spiro atoms. The van der Waals surface area contributed by atoms with Crippen LogP contribution in [0.5, 0.6) is 0 Å². The summed E-state index contributed by atoms with van der Waals surface area (Å²) in [5.74, 6) is -5.69. The first-order chi connectivity index (χ1) is 25.7. The van der Waals surface area contributed by atoms with Crippen LogP contribution in [0, 0.1) is 11.8 Å². The van der Waals surface area contributed by atoms with Gasteiger partial charge in [0, 0.05) is 12.8 Å². The summed E-state index contributed by atoms with van der Waals surface area (Å²) in [5, 5.41) is 11.7. The van der Waals surface area contributed by atoms with E-state index >= 15 is 0 Å². The Morgan fingerprint density at radius 1 is 0.618 bits per heavy atom. The molecule has 14 heteroatoms. The standard InChI is InChI=1S/C41H56N6O8/c1-24(2)32(46-54-40(5,6)7)38(52)42-28(21-26-17-13-11-14-18-26)34(48)36(50)30-23-31(45-44-30)37(51)35(49)29(22-27-19-15-12-16-20-27)43-39(53)33(25(3)4)47-55-41(8,9)10/h11-20,23-25,28-29,32-33,46-47H,21-22H2,1-10H3,(H,42,52)(H,43,53)(H,44,45). The molecule has 0 aliphatic rings. The van der Waals surface area contributed by atoms with Crippen molar-refractivity contribution in [2.75, 3.05) is 0 Å². The number of carbonyl (C=O) groups excluding carboxylic acids is 6. The van der Waals surface area contributed by atoms with Crippen LogP contribution in [-0.2, 0) is 41.7 Å². The van der Waals surface area contributed by atoms with E-state index in [-0.39, 0.29) is 30.4 Å². The second-order valence-electron chi connectivity index (χ2n) is 16.2. The highest BCUT2D eigenvalue weighted by molar-refractivity contribution is 6.47. The molecule has 3 aromatic rings. The number of H-pyrrole nitrogens is 1. The molecule has 0 saturated heterocycles. The Morgan fingerprint density at radius 3 is 1.36 bits per heavy atom. The SMILES string of the molecule is CC(C)C(NOC(C)(C)C)C(=O)NC(Cc1ccccc1)C(=O)C(=O)c1cc(C(=O)C(=O)C(Cc2ccccc2)NC(=O)C(NOC(C)(C)C)C(C)C)[nH]n1. The van der Waals surface area contributed by atoms with Gasteiger partial charge in [0.2, 0.25) is 29.2 Å². The first-order valence-corrected chi connectivity index (χ1v) is 18.4. The van der Waals surface area contributed by atoms with E-state index < -0.39 is 76.0 Å². The van der Waals surface area contributed by atoms with Crippen LogP contribution in [0.4, 0.5) is 0 Å². The van der Waals surface area contributed by atoms with Crippen molar-refractivity contribution in [2.24, 2.45) is 11.8 Å². The minimum Gasteiger partial charge on any atom is -0.344 e. The molecule has 298 valence electrons. The van der Waals surface area contributed by atoms with Crippen molar-refractivity contribution < 1.29 is 38.4 Å². The second-order valence-corrected chi connectivity index (χ2v) is 16.2. The number of aromatic nitrogens is 2. The average Bonchev–Trinajstić information content (AvgIpc) is 3.60. The lowest BCUT2D eigenvalue weighted by Crippen LogP contribution is -2.55. The van der Waals surface area contributed by atoms with Crippen LogP contribution in [-0.4, -0.2) is 80.5 Å². The van der Waals surface area contributed by atoms with Gasteiger partial charge in [0.25, 0.3) is 5.78 Å². The second kappa shape index (κ2) is 19.6. The summed E-state index contributed by atoms with van der Waals surface area (Å²) >= 11 is 0. The van der Waals surface area contributed by atoms with Gasteiger partial charge >= 0.3 is 0 Å². The molecule has 2 aromatic carbocycles. The molecule has 14 nitrogen and oxygen atoms in total. The lowest BCUT2D eigenvalue weighted by atomic mass is 9.96. The number of amides is 2. The third kappa shape index (κ3) is 14.0. The van der Waals surface area contributed by atoms with Crippen molar-refractivity contribution in [1.82, 2.24) is 31.8 Å². The summed E-state index contributed by atoms with van der Waals surface area (Å²) in [6, 6.07) is 14.4. The van der Waals surface area contributed by atoms with E-state index in [1.807, 2.05) is 69.2 Å². The van der Waals surface area contributed by atoms with E-state index in [4.69, 9.17) is 9.68 Å². The zero-order valence-corrected chi connectivity index (χ0v) is 33.4. The van der Waals surface area contributed by atoms with E-state index in [0.717, 1.165) is 6.07 Å². The molecule has 5 N–H and O–H groups in total. The molecule has 1 aromatic heterocycles. The van der Waals surface area contributed by atoms with Crippen molar-refractivity contribution in [3.63, 3.8) is 0 Å². The molecule has 0 fully saturated rings. The smallest absolute Gasteiger partial charge is 0.250 e. The number of nitrogens with one attached hydrogen (secondary N) is 5. The van der Waals surface area contributed by atoms with Crippen LogP contribution in [0.25, 0.3) is 0 Å². The molecule has 4 unspecified atom stereocenters. The highest BCUT2D eigenvalue weighted by Crippen LogP contribution is 2.15. The number of carbonyl (C=O) groups is 6. The average molecular weight is 761 g/mol. The number of aromatic amines is 1. The molecule has 1 heterocycles. The van der Waals surface area contributed by atoms with Gasteiger partial charge in [-0.2, -0.15) is 16.1 Å². The summed E-state index contributed by atoms with van der Waals surface area (Å²) < 4.78 is 0. The number of hydrogen-bond donors (Lipinski definition) is 5. The lowest BCUT2D eigenvalue weighted by molar-refractivity contribution is -0.140. The molecule has 0 bridgehead atoms. The minimum atomic E-state index is -1.30. The monoisotopic (exact) mass is 760 g/mol. The molecular weight excluding hydrogens is 704 g/mol. The van der Waals surface area contributed by atoms with Crippen molar-refractivity contribution in [3.8, 4) is 0 Å². The van der Waals surface area contributed by atoms with Crippen LogP contribution < -0.4 is 21.6 Å². The number of nitrogens with zero attached hydrogens (tertiary/aromatic N) is 1. The highest BCUT2D eigenvalue weighted by Gasteiger charge is 2.36. The molecule has 0 aliphatic carbocycles. The Kier molecular flexibility index (Phi) is 15.9. The number of hydrogen-bond acceptors (Lipinski definition) is 11. The topological polar surface area (TPSA) is 198 Å². The first kappa shape index (κ1) is 44.5. The third-order valence-corrected chi connectivity index (χ3v) is 8.22. The number of benzene rings is 2. The predicted molar refractivity (Wildman–Crippen MR) is 207 cm³/mol. The van der Waals surface area contributed by atoms with E-state index in [1.165, 1.54) is 0 Å². The van der Waals surface area contributed by atoms with Crippen molar-refractivity contribution >= 4 is 34.9 Å². The molecule has 3 rings (SSSR count).